The van der Waals surface area contributed by atoms with Crippen LogP contribution in [0, 0.1) is 12.8 Å². The van der Waals surface area contributed by atoms with Gasteiger partial charge in [0, 0.05) is 39.2 Å². The Bertz CT molecular complexity index is 460. The van der Waals surface area contributed by atoms with Crippen molar-refractivity contribution in [2.75, 3.05) is 44.1 Å². The van der Waals surface area contributed by atoms with Crippen molar-refractivity contribution in [1.82, 2.24) is 9.97 Å². The summed E-state index contributed by atoms with van der Waals surface area (Å²) in [4.78, 5) is 11.5. The highest BCUT2D eigenvalue weighted by Gasteiger charge is 2.21. The second-order valence-corrected chi connectivity index (χ2v) is 5.88. The Hall–Kier alpha value is -1.36. The van der Waals surface area contributed by atoms with E-state index in [4.69, 9.17) is 9.72 Å². The summed E-state index contributed by atoms with van der Waals surface area (Å²) in [6.07, 6.45) is 4.65. The number of aromatic nitrogens is 2. The van der Waals surface area contributed by atoms with Gasteiger partial charge in [0.05, 0.1) is 6.61 Å². The van der Waals surface area contributed by atoms with Gasteiger partial charge in [-0.1, -0.05) is 6.92 Å². The van der Waals surface area contributed by atoms with E-state index in [0.717, 1.165) is 61.5 Å². The van der Waals surface area contributed by atoms with Crippen LogP contribution in [0.15, 0.2) is 0 Å². The van der Waals surface area contributed by atoms with E-state index in [1.165, 1.54) is 12.8 Å². The zero-order chi connectivity index (χ0) is 15.2. The average Bonchev–Trinajstić information content (AvgIpc) is 3.29. The maximum absolute atomic E-state index is 5.72. The molecule has 0 unspecified atom stereocenters. The fourth-order valence-corrected chi connectivity index (χ4v) is 2.34. The number of aryl methyl sites for hydroxylation is 1. The van der Waals surface area contributed by atoms with Crippen LogP contribution in [-0.2, 0) is 11.2 Å². The summed E-state index contributed by atoms with van der Waals surface area (Å²) in [5.41, 5.74) is 1.10. The molecule has 1 aliphatic carbocycles. The molecule has 21 heavy (non-hydrogen) atoms. The monoisotopic (exact) mass is 292 g/mol. The van der Waals surface area contributed by atoms with E-state index in [1.54, 1.807) is 0 Å². The molecule has 1 aromatic heterocycles. The number of hydrogen-bond acceptors (Lipinski definition) is 5. The summed E-state index contributed by atoms with van der Waals surface area (Å²) in [6, 6.07) is 0. The molecule has 0 aliphatic heterocycles. The standard InChI is InChI=1S/C16H28N4O/c1-5-6-14-18-15(17-3)12(2)16(19-14)20(4)9-10-21-11-13-7-8-13/h13H,5-11H2,1-4H3,(H,17,18,19). The summed E-state index contributed by atoms with van der Waals surface area (Å²) in [5.74, 6) is 3.67. The van der Waals surface area contributed by atoms with E-state index >= 15 is 0 Å². The third-order valence-corrected chi connectivity index (χ3v) is 3.86. The van der Waals surface area contributed by atoms with E-state index in [0.29, 0.717) is 0 Å². The van der Waals surface area contributed by atoms with Crippen molar-refractivity contribution in [3.63, 3.8) is 0 Å². The lowest BCUT2D eigenvalue weighted by molar-refractivity contribution is 0.130. The van der Waals surface area contributed by atoms with Crippen molar-refractivity contribution in [2.45, 2.75) is 39.5 Å². The van der Waals surface area contributed by atoms with Crippen molar-refractivity contribution >= 4 is 11.6 Å². The zero-order valence-electron chi connectivity index (χ0n) is 13.8. The second-order valence-electron chi connectivity index (χ2n) is 5.88. The SMILES string of the molecule is CCCc1nc(NC)c(C)c(N(C)CCOCC2CC2)n1. The molecule has 0 bridgehead atoms. The number of likely N-dealkylation sites (N-methyl/N-ethyl adjacent to an activating group) is 1. The van der Waals surface area contributed by atoms with E-state index < -0.39 is 0 Å². The molecule has 0 spiro atoms. The molecule has 0 atom stereocenters. The van der Waals surface area contributed by atoms with Crippen molar-refractivity contribution in [3.8, 4) is 0 Å². The molecule has 0 radical (unpaired) electrons. The highest BCUT2D eigenvalue weighted by atomic mass is 16.5. The highest BCUT2D eigenvalue weighted by Crippen LogP contribution is 2.28. The summed E-state index contributed by atoms with van der Waals surface area (Å²) < 4.78 is 5.72. The van der Waals surface area contributed by atoms with Crippen LogP contribution in [0.2, 0.25) is 0 Å². The quantitative estimate of drug-likeness (QED) is 0.709. The Kier molecular flexibility index (Phi) is 5.79. The van der Waals surface area contributed by atoms with Gasteiger partial charge in [-0.2, -0.15) is 0 Å². The number of rotatable bonds is 9. The molecule has 5 heteroatoms. The first-order valence-corrected chi connectivity index (χ1v) is 7.99. The lowest BCUT2D eigenvalue weighted by Crippen LogP contribution is -2.25. The van der Waals surface area contributed by atoms with Gasteiger partial charge in [-0.05, 0) is 32.1 Å². The summed E-state index contributed by atoms with van der Waals surface area (Å²) >= 11 is 0. The molecular weight excluding hydrogens is 264 g/mol. The third kappa shape index (κ3) is 4.56. The van der Waals surface area contributed by atoms with Gasteiger partial charge in [0.1, 0.15) is 17.5 Å². The first-order valence-electron chi connectivity index (χ1n) is 7.99. The van der Waals surface area contributed by atoms with Crippen molar-refractivity contribution in [3.05, 3.63) is 11.4 Å². The van der Waals surface area contributed by atoms with Crippen LogP contribution >= 0.6 is 0 Å². The lowest BCUT2D eigenvalue weighted by atomic mass is 10.2. The summed E-state index contributed by atoms with van der Waals surface area (Å²) in [6.45, 7) is 6.75. The largest absolute Gasteiger partial charge is 0.379 e. The number of hydrogen-bond donors (Lipinski definition) is 1. The van der Waals surface area contributed by atoms with Crippen LogP contribution in [0.3, 0.4) is 0 Å². The van der Waals surface area contributed by atoms with Crippen LogP contribution in [0.5, 0.6) is 0 Å². The Morgan fingerprint density at radius 3 is 2.71 bits per heavy atom. The lowest BCUT2D eigenvalue weighted by Gasteiger charge is -2.22. The predicted octanol–water partition coefficient (Wildman–Crippen LogP) is 2.64. The van der Waals surface area contributed by atoms with E-state index in [9.17, 15) is 0 Å². The topological polar surface area (TPSA) is 50.3 Å². The summed E-state index contributed by atoms with van der Waals surface area (Å²) in [7, 11) is 3.98. The van der Waals surface area contributed by atoms with Crippen LogP contribution in [0.4, 0.5) is 11.6 Å². The minimum atomic E-state index is 0.758. The second kappa shape index (κ2) is 7.59. The van der Waals surface area contributed by atoms with Gasteiger partial charge in [-0.15, -0.1) is 0 Å². The van der Waals surface area contributed by atoms with Gasteiger partial charge < -0.3 is 15.0 Å². The first-order chi connectivity index (χ1) is 10.2. The first kappa shape index (κ1) is 16.0. The molecule has 118 valence electrons. The van der Waals surface area contributed by atoms with Gasteiger partial charge in [0.25, 0.3) is 0 Å². The molecule has 1 heterocycles. The molecule has 1 saturated carbocycles. The molecule has 2 rings (SSSR count). The number of ether oxygens (including phenoxy) is 1. The molecule has 1 aromatic rings. The average molecular weight is 292 g/mol. The molecule has 1 aliphatic rings. The highest BCUT2D eigenvalue weighted by molar-refractivity contribution is 5.58. The Labute approximate surface area is 128 Å². The third-order valence-electron chi connectivity index (χ3n) is 3.86. The van der Waals surface area contributed by atoms with Crippen LogP contribution in [0.1, 0.15) is 37.6 Å². The fraction of sp³-hybridized carbons (Fsp3) is 0.750. The normalized spacial score (nSPS) is 14.3. The van der Waals surface area contributed by atoms with Crippen molar-refractivity contribution in [2.24, 2.45) is 5.92 Å². The van der Waals surface area contributed by atoms with Gasteiger partial charge in [0.15, 0.2) is 0 Å². The maximum atomic E-state index is 5.72. The van der Waals surface area contributed by atoms with Crippen LogP contribution in [-0.4, -0.2) is 43.8 Å². The van der Waals surface area contributed by atoms with Crippen molar-refractivity contribution in [1.29, 1.82) is 0 Å². The number of nitrogens with one attached hydrogen (secondary N) is 1. The van der Waals surface area contributed by atoms with Gasteiger partial charge in [-0.3, -0.25) is 0 Å². The number of anilines is 2. The zero-order valence-corrected chi connectivity index (χ0v) is 13.8. The molecular formula is C16H28N4O. The van der Waals surface area contributed by atoms with Crippen LogP contribution in [0.25, 0.3) is 0 Å². The molecule has 0 saturated heterocycles. The van der Waals surface area contributed by atoms with E-state index in [2.05, 4.69) is 36.1 Å². The van der Waals surface area contributed by atoms with E-state index in [-0.39, 0.29) is 0 Å². The Balaban J connectivity index is 1.99. The van der Waals surface area contributed by atoms with Gasteiger partial charge >= 0.3 is 0 Å². The molecule has 5 nitrogen and oxygen atoms in total. The Morgan fingerprint density at radius 1 is 1.33 bits per heavy atom. The summed E-state index contributed by atoms with van der Waals surface area (Å²) in [5, 5.41) is 3.17. The minimum absolute atomic E-state index is 0.758. The molecule has 0 aromatic carbocycles. The molecule has 1 N–H and O–H groups in total. The Morgan fingerprint density at radius 2 is 2.10 bits per heavy atom. The smallest absolute Gasteiger partial charge is 0.137 e. The van der Waals surface area contributed by atoms with Crippen molar-refractivity contribution < 1.29 is 4.74 Å². The van der Waals surface area contributed by atoms with Gasteiger partial charge in [-0.25, -0.2) is 9.97 Å². The fourth-order valence-electron chi connectivity index (χ4n) is 2.34. The predicted molar refractivity (Wildman–Crippen MR) is 87.1 cm³/mol. The maximum Gasteiger partial charge on any atom is 0.137 e. The minimum Gasteiger partial charge on any atom is -0.379 e. The van der Waals surface area contributed by atoms with Gasteiger partial charge in [0.2, 0.25) is 0 Å². The van der Waals surface area contributed by atoms with E-state index in [1.807, 2.05) is 7.05 Å². The molecule has 1 fully saturated rings. The number of nitrogens with zero attached hydrogens (tertiary/aromatic N) is 3. The molecule has 0 amide bonds. The van der Waals surface area contributed by atoms with Crippen LogP contribution < -0.4 is 10.2 Å².